The molecule has 0 aromatic heterocycles. The number of hydrogen-bond acceptors (Lipinski definition) is 2. The topological polar surface area (TPSA) is 9.23 Å². The van der Waals surface area contributed by atoms with E-state index in [4.69, 9.17) is 4.74 Å². The first-order chi connectivity index (χ1) is 6.76. The predicted molar refractivity (Wildman–Crippen MR) is 65.0 cm³/mol. The van der Waals surface area contributed by atoms with Crippen LogP contribution in [0.5, 0.6) is 0 Å². The quantitative estimate of drug-likeness (QED) is 0.482. The standard InChI is InChI=1S/C12H24OS/c1-3-12(4-2,10-14)9-13-8-7-11-5-6-11/h11,14H,3-10H2,1-2H3. The summed E-state index contributed by atoms with van der Waals surface area (Å²) >= 11 is 4.44. The second kappa shape index (κ2) is 6.02. The lowest BCUT2D eigenvalue weighted by atomic mass is 9.85. The van der Waals surface area contributed by atoms with Crippen molar-refractivity contribution in [2.24, 2.45) is 11.3 Å². The van der Waals surface area contributed by atoms with E-state index in [1.54, 1.807) is 0 Å². The molecule has 0 aromatic carbocycles. The molecule has 1 saturated carbocycles. The monoisotopic (exact) mass is 216 g/mol. The third-order valence-electron chi connectivity index (χ3n) is 3.61. The van der Waals surface area contributed by atoms with Crippen molar-refractivity contribution in [1.82, 2.24) is 0 Å². The van der Waals surface area contributed by atoms with E-state index in [-0.39, 0.29) is 0 Å². The van der Waals surface area contributed by atoms with Gasteiger partial charge in [-0.1, -0.05) is 26.7 Å². The lowest BCUT2D eigenvalue weighted by Crippen LogP contribution is -2.27. The summed E-state index contributed by atoms with van der Waals surface area (Å²) in [5.41, 5.74) is 0.326. The molecule has 1 nitrogen and oxygen atoms in total. The molecule has 1 aliphatic rings. The maximum absolute atomic E-state index is 5.77. The van der Waals surface area contributed by atoms with Gasteiger partial charge in [0.25, 0.3) is 0 Å². The van der Waals surface area contributed by atoms with Gasteiger partial charge in [-0.05, 0) is 30.9 Å². The third-order valence-corrected chi connectivity index (χ3v) is 4.28. The number of ether oxygens (including phenoxy) is 1. The van der Waals surface area contributed by atoms with Crippen LogP contribution in [0, 0.1) is 11.3 Å². The van der Waals surface area contributed by atoms with Crippen LogP contribution >= 0.6 is 12.6 Å². The van der Waals surface area contributed by atoms with Crippen molar-refractivity contribution in [3.8, 4) is 0 Å². The molecule has 1 aliphatic carbocycles. The summed E-state index contributed by atoms with van der Waals surface area (Å²) in [6, 6.07) is 0. The normalized spacial score (nSPS) is 17.4. The SMILES string of the molecule is CCC(CC)(CS)COCCC1CC1. The van der Waals surface area contributed by atoms with Crippen molar-refractivity contribution in [3.63, 3.8) is 0 Å². The first kappa shape index (κ1) is 12.4. The zero-order valence-corrected chi connectivity index (χ0v) is 10.5. The average molecular weight is 216 g/mol. The van der Waals surface area contributed by atoms with Gasteiger partial charge in [0.1, 0.15) is 0 Å². The minimum absolute atomic E-state index is 0.326. The van der Waals surface area contributed by atoms with Gasteiger partial charge in [-0.25, -0.2) is 0 Å². The highest BCUT2D eigenvalue weighted by molar-refractivity contribution is 7.80. The van der Waals surface area contributed by atoms with E-state index < -0.39 is 0 Å². The zero-order valence-electron chi connectivity index (χ0n) is 9.59. The molecule has 1 rings (SSSR count). The molecule has 0 aliphatic heterocycles. The Kier molecular flexibility index (Phi) is 5.32. The Bertz CT molecular complexity index is 142. The smallest absolute Gasteiger partial charge is 0.0530 e. The largest absolute Gasteiger partial charge is 0.381 e. The zero-order chi connectivity index (χ0) is 10.4. The molecule has 0 N–H and O–H groups in total. The summed E-state index contributed by atoms with van der Waals surface area (Å²) in [6.45, 7) is 6.34. The number of rotatable bonds is 8. The molecule has 2 heteroatoms. The summed E-state index contributed by atoms with van der Waals surface area (Å²) in [4.78, 5) is 0. The average Bonchev–Trinajstić information content (AvgIpc) is 3.03. The fourth-order valence-corrected chi connectivity index (χ4v) is 2.21. The molecule has 0 aromatic rings. The fraction of sp³-hybridized carbons (Fsp3) is 1.00. The molecule has 0 unspecified atom stereocenters. The molecule has 0 bridgehead atoms. The Morgan fingerprint density at radius 1 is 1.29 bits per heavy atom. The van der Waals surface area contributed by atoms with E-state index in [2.05, 4.69) is 26.5 Å². The van der Waals surface area contributed by atoms with Crippen molar-refractivity contribution >= 4 is 12.6 Å². The van der Waals surface area contributed by atoms with Crippen LogP contribution in [-0.2, 0) is 4.74 Å². The maximum Gasteiger partial charge on any atom is 0.0530 e. The summed E-state index contributed by atoms with van der Waals surface area (Å²) in [5, 5.41) is 0. The minimum Gasteiger partial charge on any atom is -0.381 e. The summed E-state index contributed by atoms with van der Waals surface area (Å²) in [7, 11) is 0. The third kappa shape index (κ3) is 3.82. The Hall–Kier alpha value is 0.310. The first-order valence-electron chi connectivity index (χ1n) is 5.95. The maximum atomic E-state index is 5.77. The van der Waals surface area contributed by atoms with E-state index in [1.807, 2.05) is 0 Å². The molecule has 0 amide bonds. The Labute approximate surface area is 94.0 Å². The van der Waals surface area contributed by atoms with E-state index in [0.717, 1.165) is 24.9 Å². The first-order valence-corrected chi connectivity index (χ1v) is 6.58. The Morgan fingerprint density at radius 2 is 1.93 bits per heavy atom. The highest BCUT2D eigenvalue weighted by Crippen LogP contribution is 2.33. The van der Waals surface area contributed by atoms with Crippen molar-refractivity contribution in [2.45, 2.75) is 46.0 Å². The van der Waals surface area contributed by atoms with Crippen LogP contribution in [0.15, 0.2) is 0 Å². The fourth-order valence-electron chi connectivity index (χ4n) is 1.67. The van der Waals surface area contributed by atoms with Gasteiger partial charge in [0.2, 0.25) is 0 Å². The highest BCUT2D eigenvalue weighted by Gasteiger charge is 2.25. The van der Waals surface area contributed by atoms with Crippen LogP contribution < -0.4 is 0 Å². The van der Waals surface area contributed by atoms with Crippen LogP contribution in [0.2, 0.25) is 0 Å². The van der Waals surface area contributed by atoms with Crippen LogP contribution in [-0.4, -0.2) is 19.0 Å². The predicted octanol–water partition coefficient (Wildman–Crippen LogP) is 3.54. The van der Waals surface area contributed by atoms with Gasteiger partial charge in [-0.2, -0.15) is 12.6 Å². The van der Waals surface area contributed by atoms with Crippen LogP contribution in [0.1, 0.15) is 46.0 Å². The van der Waals surface area contributed by atoms with E-state index in [1.165, 1.54) is 32.1 Å². The molecule has 0 heterocycles. The highest BCUT2D eigenvalue weighted by atomic mass is 32.1. The molecular formula is C12H24OS. The number of thiol groups is 1. The van der Waals surface area contributed by atoms with Crippen LogP contribution in [0.3, 0.4) is 0 Å². The summed E-state index contributed by atoms with van der Waals surface area (Å²) in [5.74, 6) is 1.94. The van der Waals surface area contributed by atoms with Gasteiger partial charge in [-0.15, -0.1) is 0 Å². The van der Waals surface area contributed by atoms with Gasteiger partial charge < -0.3 is 4.74 Å². The van der Waals surface area contributed by atoms with Gasteiger partial charge in [0, 0.05) is 12.0 Å². The summed E-state index contributed by atoms with van der Waals surface area (Å²) in [6.07, 6.45) is 6.49. The molecular weight excluding hydrogens is 192 g/mol. The van der Waals surface area contributed by atoms with Crippen LogP contribution in [0.25, 0.3) is 0 Å². The van der Waals surface area contributed by atoms with Gasteiger partial charge in [0.15, 0.2) is 0 Å². The second-order valence-corrected chi connectivity index (χ2v) is 4.97. The minimum atomic E-state index is 0.326. The van der Waals surface area contributed by atoms with Crippen LogP contribution in [0.4, 0.5) is 0 Å². The molecule has 0 radical (unpaired) electrons. The lowest BCUT2D eigenvalue weighted by molar-refractivity contribution is 0.0480. The van der Waals surface area contributed by atoms with Crippen molar-refractivity contribution in [3.05, 3.63) is 0 Å². The second-order valence-electron chi connectivity index (χ2n) is 4.65. The Balaban J connectivity index is 2.11. The van der Waals surface area contributed by atoms with E-state index in [9.17, 15) is 0 Å². The van der Waals surface area contributed by atoms with Gasteiger partial charge in [0.05, 0.1) is 6.61 Å². The lowest BCUT2D eigenvalue weighted by Gasteiger charge is -2.29. The Morgan fingerprint density at radius 3 is 2.36 bits per heavy atom. The summed E-state index contributed by atoms with van der Waals surface area (Å²) < 4.78 is 5.77. The van der Waals surface area contributed by atoms with Crippen molar-refractivity contribution in [1.29, 1.82) is 0 Å². The molecule has 0 atom stereocenters. The van der Waals surface area contributed by atoms with Gasteiger partial charge in [-0.3, -0.25) is 0 Å². The molecule has 0 saturated heterocycles. The van der Waals surface area contributed by atoms with Crippen molar-refractivity contribution in [2.75, 3.05) is 19.0 Å². The van der Waals surface area contributed by atoms with E-state index in [0.29, 0.717) is 5.41 Å². The van der Waals surface area contributed by atoms with Gasteiger partial charge >= 0.3 is 0 Å². The molecule has 1 fully saturated rings. The number of hydrogen-bond donors (Lipinski definition) is 1. The van der Waals surface area contributed by atoms with Crippen molar-refractivity contribution < 1.29 is 4.74 Å². The van der Waals surface area contributed by atoms with E-state index >= 15 is 0 Å². The molecule has 14 heavy (non-hydrogen) atoms. The molecule has 0 spiro atoms. The molecule has 84 valence electrons.